The number of rotatable bonds is 3. The van der Waals surface area contributed by atoms with Crippen molar-refractivity contribution in [2.45, 2.75) is 6.92 Å². The summed E-state index contributed by atoms with van der Waals surface area (Å²) in [5, 5.41) is 4.54. The van der Waals surface area contributed by atoms with E-state index in [1.54, 1.807) is 4.68 Å². The van der Waals surface area contributed by atoms with E-state index in [0.717, 1.165) is 23.2 Å². The maximum atomic E-state index is 11.2. The molecule has 0 aliphatic rings. The van der Waals surface area contributed by atoms with Gasteiger partial charge in [0.2, 0.25) is 0 Å². The van der Waals surface area contributed by atoms with Crippen LogP contribution in [0.25, 0.3) is 16.9 Å². The Morgan fingerprint density at radius 2 is 1.70 bits per heavy atom. The SMILES string of the molecule is Cc1ccc(-c2cc(C=O)n(-c3ccccc3)n2)cc1. The van der Waals surface area contributed by atoms with Crippen LogP contribution in [0, 0.1) is 6.92 Å². The number of carbonyl (C=O) groups is 1. The van der Waals surface area contributed by atoms with Crippen molar-refractivity contribution < 1.29 is 4.79 Å². The first-order valence-electron chi connectivity index (χ1n) is 6.45. The van der Waals surface area contributed by atoms with Gasteiger partial charge < -0.3 is 0 Å². The zero-order valence-corrected chi connectivity index (χ0v) is 11.2. The van der Waals surface area contributed by atoms with Gasteiger partial charge in [0.05, 0.1) is 11.4 Å². The topological polar surface area (TPSA) is 34.9 Å². The van der Waals surface area contributed by atoms with Crippen LogP contribution >= 0.6 is 0 Å². The van der Waals surface area contributed by atoms with E-state index in [-0.39, 0.29) is 0 Å². The standard InChI is InChI=1S/C17H14N2O/c1-13-7-9-14(10-8-13)17-11-16(12-20)19(18-17)15-5-3-2-4-6-15/h2-12H,1H3. The first kappa shape index (κ1) is 12.4. The van der Waals surface area contributed by atoms with Crippen molar-refractivity contribution in [1.82, 2.24) is 9.78 Å². The zero-order valence-electron chi connectivity index (χ0n) is 11.2. The molecular weight excluding hydrogens is 248 g/mol. The Balaban J connectivity index is 2.09. The predicted octanol–water partition coefficient (Wildman–Crippen LogP) is 3.66. The Labute approximate surface area is 117 Å². The van der Waals surface area contributed by atoms with Crippen LogP contribution in [-0.4, -0.2) is 16.1 Å². The van der Waals surface area contributed by atoms with E-state index in [1.807, 2.05) is 67.6 Å². The van der Waals surface area contributed by atoms with Crippen molar-refractivity contribution in [3.63, 3.8) is 0 Å². The van der Waals surface area contributed by atoms with Crippen molar-refractivity contribution in [2.75, 3.05) is 0 Å². The molecule has 0 radical (unpaired) electrons. The lowest BCUT2D eigenvalue weighted by atomic mass is 10.1. The molecule has 0 N–H and O–H groups in total. The van der Waals surface area contributed by atoms with Crippen molar-refractivity contribution in [3.8, 4) is 16.9 Å². The highest BCUT2D eigenvalue weighted by atomic mass is 16.1. The van der Waals surface area contributed by atoms with Gasteiger partial charge in [0.15, 0.2) is 6.29 Å². The van der Waals surface area contributed by atoms with Crippen LogP contribution in [0.3, 0.4) is 0 Å². The monoisotopic (exact) mass is 262 g/mol. The molecule has 1 heterocycles. The zero-order chi connectivity index (χ0) is 13.9. The number of hydrogen-bond acceptors (Lipinski definition) is 2. The summed E-state index contributed by atoms with van der Waals surface area (Å²) in [7, 11) is 0. The minimum absolute atomic E-state index is 0.548. The molecule has 0 unspecified atom stereocenters. The van der Waals surface area contributed by atoms with E-state index in [2.05, 4.69) is 5.10 Å². The van der Waals surface area contributed by atoms with Crippen LogP contribution in [0.2, 0.25) is 0 Å². The van der Waals surface area contributed by atoms with Gasteiger partial charge in [-0.05, 0) is 25.1 Å². The average molecular weight is 262 g/mol. The van der Waals surface area contributed by atoms with Gasteiger partial charge in [-0.15, -0.1) is 0 Å². The lowest BCUT2D eigenvalue weighted by Crippen LogP contribution is -2.00. The fourth-order valence-electron chi connectivity index (χ4n) is 2.12. The van der Waals surface area contributed by atoms with Crippen molar-refractivity contribution in [3.05, 3.63) is 71.9 Å². The average Bonchev–Trinajstić information content (AvgIpc) is 2.93. The molecule has 20 heavy (non-hydrogen) atoms. The van der Waals surface area contributed by atoms with E-state index in [0.29, 0.717) is 5.69 Å². The van der Waals surface area contributed by atoms with Gasteiger partial charge in [-0.25, -0.2) is 4.68 Å². The summed E-state index contributed by atoms with van der Waals surface area (Å²) < 4.78 is 1.67. The van der Waals surface area contributed by atoms with E-state index < -0.39 is 0 Å². The number of nitrogens with zero attached hydrogens (tertiary/aromatic N) is 2. The predicted molar refractivity (Wildman–Crippen MR) is 79.1 cm³/mol. The molecule has 0 spiro atoms. The van der Waals surface area contributed by atoms with Gasteiger partial charge in [0, 0.05) is 5.56 Å². The van der Waals surface area contributed by atoms with E-state index in [1.165, 1.54) is 5.56 Å². The summed E-state index contributed by atoms with van der Waals surface area (Å²) in [6, 6.07) is 19.6. The molecule has 0 aliphatic carbocycles. The largest absolute Gasteiger partial charge is 0.296 e. The van der Waals surface area contributed by atoms with E-state index >= 15 is 0 Å². The molecule has 3 aromatic rings. The number of benzene rings is 2. The summed E-state index contributed by atoms with van der Waals surface area (Å²) >= 11 is 0. The second-order valence-electron chi connectivity index (χ2n) is 4.69. The highest BCUT2D eigenvalue weighted by Gasteiger charge is 2.10. The Bertz CT molecular complexity index is 727. The van der Waals surface area contributed by atoms with E-state index in [4.69, 9.17) is 0 Å². The third kappa shape index (κ3) is 2.26. The third-order valence-electron chi connectivity index (χ3n) is 3.21. The van der Waals surface area contributed by atoms with Gasteiger partial charge >= 0.3 is 0 Å². The highest BCUT2D eigenvalue weighted by molar-refractivity contribution is 5.77. The van der Waals surface area contributed by atoms with Gasteiger partial charge in [0.25, 0.3) is 0 Å². The van der Waals surface area contributed by atoms with Crippen LogP contribution in [0.5, 0.6) is 0 Å². The van der Waals surface area contributed by atoms with Gasteiger partial charge in [-0.1, -0.05) is 48.0 Å². The third-order valence-corrected chi connectivity index (χ3v) is 3.21. The Kier molecular flexibility index (Phi) is 3.17. The number of aldehydes is 1. The van der Waals surface area contributed by atoms with Gasteiger partial charge in [0.1, 0.15) is 5.69 Å². The minimum Gasteiger partial charge on any atom is -0.296 e. The molecule has 3 nitrogen and oxygen atoms in total. The Morgan fingerprint density at radius 3 is 2.35 bits per heavy atom. The summed E-state index contributed by atoms with van der Waals surface area (Å²) in [5.41, 5.74) is 4.44. The molecule has 1 aromatic heterocycles. The lowest BCUT2D eigenvalue weighted by Gasteiger charge is -2.02. The lowest BCUT2D eigenvalue weighted by molar-refractivity contribution is 0.111. The number of hydrogen-bond donors (Lipinski definition) is 0. The molecule has 0 saturated heterocycles. The number of aromatic nitrogens is 2. The van der Waals surface area contributed by atoms with Crippen molar-refractivity contribution in [2.24, 2.45) is 0 Å². The smallest absolute Gasteiger partial charge is 0.168 e. The molecule has 0 fully saturated rings. The molecule has 98 valence electrons. The van der Waals surface area contributed by atoms with Crippen LogP contribution in [0.1, 0.15) is 16.1 Å². The van der Waals surface area contributed by atoms with Crippen LogP contribution in [0.4, 0.5) is 0 Å². The summed E-state index contributed by atoms with van der Waals surface area (Å²) in [5.74, 6) is 0. The molecule has 0 saturated carbocycles. The summed E-state index contributed by atoms with van der Waals surface area (Å²) in [6.07, 6.45) is 0.831. The normalized spacial score (nSPS) is 10.4. The molecule has 0 amide bonds. The first-order valence-corrected chi connectivity index (χ1v) is 6.45. The summed E-state index contributed by atoms with van der Waals surface area (Å²) in [4.78, 5) is 11.2. The molecule has 2 aromatic carbocycles. The van der Waals surface area contributed by atoms with Crippen LogP contribution < -0.4 is 0 Å². The minimum atomic E-state index is 0.548. The van der Waals surface area contributed by atoms with Gasteiger partial charge in [-0.3, -0.25) is 4.79 Å². The summed E-state index contributed by atoms with van der Waals surface area (Å²) in [6.45, 7) is 2.04. The molecule has 3 rings (SSSR count). The van der Waals surface area contributed by atoms with E-state index in [9.17, 15) is 4.79 Å². The molecule has 0 atom stereocenters. The fourth-order valence-corrected chi connectivity index (χ4v) is 2.12. The second kappa shape index (κ2) is 5.13. The molecular formula is C17H14N2O. The molecule has 0 bridgehead atoms. The van der Waals surface area contributed by atoms with Crippen molar-refractivity contribution in [1.29, 1.82) is 0 Å². The van der Waals surface area contributed by atoms with Crippen molar-refractivity contribution >= 4 is 6.29 Å². The molecule has 3 heteroatoms. The quantitative estimate of drug-likeness (QED) is 0.675. The van der Waals surface area contributed by atoms with Gasteiger partial charge in [-0.2, -0.15) is 5.10 Å². The number of aryl methyl sites for hydroxylation is 1. The Morgan fingerprint density at radius 1 is 1.00 bits per heavy atom. The highest BCUT2D eigenvalue weighted by Crippen LogP contribution is 2.21. The fraction of sp³-hybridized carbons (Fsp3) is 0.0588. The Hall–Kier alpha value is -2.68. The number of para-hydroxylation sites is 1. The maximum absolute atomic E-state index is 11.2. The van der Waals surface area contributed by atoms with Crippen LogP contribution in [-0.2, 0) is 0 Å². The maximum Gasteiger partial charge on any atom is 0.168 e. The first-order chi connectivity index (χ1) is 9.78. The van der Waals surface area contributed by atoms with Crippen LogP contribution in [0.15, 0.2) is 60.7 Å². The molecule has 0 aliphatic heterocycles. The number of carbonyl (C=O) groups excluding carboxylic acids is 1. The second-order valence-corrected chi connectivity index (χ2v) is 4.69.